The Balaban J connectivity index is 2.28. The summed E-state index contributed by atoms with van der Waals surface area (Å²) in [6.45, 7) is 0. The number of carboxylic acid groups (broad SMARTS) is 1. The maximum atomic E-state index is 11.2. The summed E-state index contributed by atoms with van der Waals surface area (Å²) in [5.74, 6) is -1.52. The number of rotatable bonds is 9. The minimum absolute atomic E-state index is 0.329. The molecule has 0 radical (unpaired) electrons. The molecule has 0 spiro atoms. The van der Waals surface area contributed by atoms with Crippen LogP contribution in [0.25, 0.3) is 0 Å². The highest BCUT2D eigenvalue weighted by Crippen LogP contribution is 2.55. The van der Waals surface area contributed by atoms with Gasteiger partial charge in [-0.2, -0.15) is 0 Å². The van der Waals surface area contributed by atoms with Crippen molar-refractivity contribution >= 4 is 29.1 Å². The first-order valence-corrected chi connectivity index (χ1v) is 10.7. The van der Waals surface area contributed by atoms with Gasteiger partial charge in [-0.25, -0.2) is 0 Å². The summed E-state index contributed by atoms with van der Waals surface area (Å²) in [5.41, 5.74) is 0. The van der Waals surface area contributed by atoms with E-state index >= 15 is 0 Å². The molecule has 0 aliphatic carbocycles. The van der Waals surface area contributed by atoms with Crippen molar-refractivity contribution in [2.24, 2.45) is 0 Å². The Morgan fingerprint density at radius 2 is 1.11 bits per heavy atom. The Labute approximate surface area is 170 Å². The second kappa shape index (κ2) is 9.48. The lowest BCUT2D eigenvalue weighted by Crippen LogP contribution is -2.33. The molecule has 0 aromatic heterocycles. The lowest BCUT2D eigenvalue weighted by Gasteiger charge is -2.27. The Bertz CT molecular complexity index is 979. The van der Waals surface area contributed by atoms with Crippen LogP contribution < -0.4 is 15.9 Å². The van der Waals surface area contributed by atoms with E-state index in [0.29, 0.717) is 0 Å². The SMILES string of the molecule is [2H]C([2H])(CC(=O)O)C([2H])([2H])C([2H])([2H])C[P+](c1ccccc1)(c1ccccc1)c1ccccc1. The maximum Gasteiger partial charge on any atom is 0.303 e. The molecular weight excluding hydrogens is 351 g/mol. The van der Waals surface area contributed by atoms with Crippen molar-refractivity contribution in [3.63, 3.8) is 0 Å². The van der Waals surface area contributed by atoms with E-state index in [1.807, 2.05) is 91.0 Å². The largest absolute Gasteiger partial charge is 0.481 e. The van der Waals surface area contributed by atoms with Gasteiger partial charge < -0.3 is 5.11 Å². The van der Waals surface area contributed by atoms with Crippen LogP contribution in [0.5, 0.6) is 0 Å². The third-order valence-corrected chi connectivity index (χ3v) is 8.50. The van der Waals surface area contributed by atoms with Gasteiger partial charge in [0.25, 0.3) is 0 Å². The van der Waals surface area contributed by atoms with Gasteiger partial charge in [-0.3, -0.25) is 4.79 Å². The van der Waals surface area contributed by atoms with E-state index in [9.17, 15) is 4.79 Å². The summed E-state index contributed by atoms with van der Waals surface area (Å²) < 4.78 is 50.8. The van der Waals surface area contributed by atoms with E-state index in [2.05, 4.69) is 0 Å². The van der Waals surface area contributed by atoms with Gasteiger partial charge in [0.2, 0.25) is 0 Å². The minimum atomic E-state index is -3.07. The summed E-state index contributed by atoms with van der Waals surface area (Å²) in [5, 5.41) is 11.6. The molecule has 0 atom stereocenters. The van der Waals surface area contributed by atoms with Crippen LogP contribution >= 0.6 is 7.26 Å². The summed E-state index contributed by atoms with van der Waals surface area (Å²) in [6, 6.07) is 28.0. The Morgan fingerprint density at radius 3 is 1.48 bits per heavy atom. The van der Waals surface area contributed by atoms with Gasteiger partial charge in [0, 0.05) is 14.6 Å². The van der Waals surface area contributed by atoms with Crippen LogP contribution in [0.3, 0.4) is 0 Å². The van der Waals surface area contributed by atoms with E-state index in [4.69, 9.17) is 13.3 Å². The van der Waals surface area contributed by atoms with Gasteiger partial charge in [-0.15, -0.1) is 0 Å². The summed E-state index contributed by atoms with van der Waals surface area (Å²) >= 11 is 0. The first-order valence-electron chi connectivity index (χ1n) is 11.7. The molecule has 0 amide bonds. The number of carboxylic acids is 1. The van der Waals surface area contributed by atoms with Crippen molar-refractivity contribution < 1.29 is 18.1 Å². The summed E-state index contributed by atoms with van der Waals surface area (Å²) in [7, 11) is -2.80. The lowest BCUT2D eigenvalue weighted by molar-refractivity contribution is -0.137. The number of carbonyl (C=O) groups is 1. The van der Waals surface area contributed by atoms with Gasteiger partial charge in [-0.05, 0) is 55.5 Å². The van der Waals surface area contributed by atoms with Crippen molar-refractivity contribution in [2.75, 3.05) is 6.16 Å². The fraction of sp³-hybridized carbons (Fsp3) is 0.208. The van der Waals surface area contributed by atoms with E-state index in [1.165, 1.54) is 0 Å². The topological polar surface area (TPSA) is 37.3 Å². The highest BCUT2D eigenvalue weighted by atomic mass is 31.2. The van der Waals surface area contributed by atoms with Crippen molar-refractivity contribution in [1.29, 1.82) is 0 Å². The molecule has 3 rings (SSSR count). The number of benzene rings is 3. The van der Waals surface area contributed by atoms with Gasteiger partial charge in [-0.1, -0.05) is 54.6 Å². The molecule has 0 saturated heterocycles. The van der Waals surface area contributed by atoms with Gasteiger partial charge in [0.15, 0.2) is 0 Å². The van der Waals surface area contributed by atoms with E-state index in [-0.39, 0.29) is 6.16 Å². The van der Waals surface area contributed by atoms with Gasteiger partial charge in [0.1, 0.15) is 23.2 Å². The number of hydrogen-bond donors (Lipinski definition) is 1. The molecule has 27 heavy (non-hydrogen) atoms. The quantitative estimate of drug-likeness (QED) is 0.547. The van der Waals surface area contributed by atoms with E-state index < -0.39 is 38.8 Å². The third-order valence-electron chi connectivity index (χ3n) is 4.32. The molecule has 3 heteroatoms. The fourth-order valence-electron chi connectivity index (χ4n) is 3.11. The van der Waals surface area contributed by atoms with Crippen LogP contribution in [0.15, 0.2) is 91.0 Å². The monoisotopic (exact) mass is 383 g/mol. The third kappa shape index (κ3) is 4.64. The molecule has 0 aliphatic rings. The van der Waals surface area contributed by atoms with Crippen LogP contribution in [-0.4, -0.2) is 17.2 Å². The second-order valence-electron chi connectivity index (χ2n) is 6.02. The Hall–Kier alpha value is -2.44. The molecule has 138 valence electrons. The van der Waals surface area contributed by atoms with Crippen LogP contribution in [0.2, 0.25) is 0 Å². The minimum Gasteiger partial charge on any atom is -0.481 e. The van der Waals surface area contributed by atoms with Gasteiger partial charge in [0.05, 0.1) is 6.16 Å². The van der Waals surface area contributed by atoms with Crippen LogP contribution in [0.4, 0.5) is 0 Å². The summed E-state index contributed by atoms with van der Waals surface area (Å²) in [4.78, 5) is 11.2. The molecule has 0 saturated carbocycles. The first-order chi connectivity index (χ1) is 15.4. The first kappa shape index (κ1) is 12.9. The molecule has 0 heterocycles. The van der Waals surface area contributed by atoms with Crippen LogP contribution in [0, 0.1) is 0 Å². The van der Waals surface area contributed by atoms with Crippen molar-refractivity contribution in [1.82, 2.24) is 0 Å². The smallest absolute Gasteiger partial charge is 0.303 e. The zero-order chi connectivity index (χ0) is 24.3. The number of aliphatic carboxylic acids is 1. The average Bonchev–Trinajstić information content (AvgIpc) is 2.78. The Kier molecular flexibility index (Phi) is 4.52. The lowest BCUT2D eigenvalue weighted by atomic mass is 10.2. The predicted molar refractivity (Wildman–Crippen MR) is 116 cm³/mol. The Morgan fingerprint density at radius 1 is 0.704 bits per heavy atom. The van der Waals surface area contributed by atoms with Gasteiger partial charge >= 0.3 is 5.97 Å². The average molecular weight is 383 g/mol. The van der Waals surface area contributed by atoms with Crippen molar-refractivity contribution in [3.8, 4) is 0 Å². The molecule has 0 unspecified atom stereocenters. The molecule has 0 aliphatic heterocycles. The normalized spacial score (nSPS) is 16.1. The van der Waals surface area contributed by atoms with E-state index in [0.717, 1.165) is 15.9 Å². The van der Waals surface area contributed by atoms with Crippen LogP contribution in [-0.2, 0) is 4.79 Å². The molecule has 0 fully saturated rings. The predicted octanol–water partition coefficient (Wildman–Crippen LogP) is 4.63. The zero-order valence-corrected chi connectivity index (χ0v) is 15.8. The molecular formula is C24H26O2P+. The summed E-state index contributed by atoms with van der Waals surface area (Å²) in [6.07, 6.45) is -10.1. The fourth-order valence-corrected chi connectivity index (χ4v) is 6.91. The van der Waals surface area contributed by atoms with Crippen molar-refractivity contribution in [2.45, 2.75) is 25.5 Å². The molecule has 2 nitrogen and oxygen atoms in total. The van der Waals surface area contributed by atoms with Crippen LogP contribution in [0.1, 0.15) is 33.8 Å². The standard InChI is InChI=1S/C24H25O2P/c25-24(26)19-11-4-12-20-27(21-13-5-1-6-14-21,22-15-7-2-8-16-22)23-17-9-3-10-18-23/h1-3,5-10,13-18H,4,11-12,19-20H2/p+1/i4D2,11D2,12D2. The molecule has 3 aromatic rings. The van der Waals surface area contributed by atoms with E-state index in [1.54, 1.807) is 0 Å². The second-order valence-corrected chi connectivity index (χ2v) is 9.51. The molecule has 0 bridgehead atoms. The van der Waals surface area contributed by atoms with Crippen molar-refractivity contribution in [3.05, 3.63) is 91.0 Å². The highest BCUT2D eigenvalue weighted by Gasteiger charge is 2.44. The maximum absolute atomic E-state index is 11.2. The number of hydrogen-bond acceptors (Lipinski definition) is 1. The molecule has 3 aromatic carbocycles. The highest BCUT2D eigenvalue weighted by molar-refractivity contribution is 7.95. The zero-order valence-electron chi connectivity index (χ0n) is 20.9. The molecule has 1 N–H and O–H groups in total.